The van der Waals surface area contributed by atoms with Gasteiger partial charge in [0.1, 0.15) is 0 Å². The van der Waals surface area contributed by atoms with E-state index in [2.05, 4.69) is 41.2 Å². The Hall–Kier alpha value is -2.79. The van der Waals surface area contributed by atoms with E-state index in [1.165, 1.54) is 10.6 Å². The first-order valence-corrected chi connectivity index (χ1v) is 8.88. The number of anilines is 1. The fourth-order valence-electron chi connectivity index (χ4n) is 3.00. The Bertz CT molecular complexity index is 1020. The van der Waals surface area contributed by atoms with Crippen LogP contribution < -0.4 is 10.5 Å². The van der Waals surface area contributed by atoms with E-state index in [0.29, 0.717) is 0 Å². The molecule has 0 fully saturated rings. The molecule has 3 aromatic rings. The number of nitrogens with zero attached hydrogens (tertiary/aromatic N) is 3. The Balaban J connectivity index is 1.73. The van der Waals surface area contributed by atoms with Crippen LogP contribution in [0.1, 0.15) is 11.4 Å². The van der Waals surface area contributed by atoms with Crippen molar-refractivity contribution in [3.05, 3.63) is 82.7 Å². The summed E-state index contributed by atoms with van der Waals surface area (Å²) in [5, 5.41) is 9.46. The van der Waals surface area contributed by atoms with Gasteiger partial charge in [-0.05, 0) is 43.3 Å². The quantitative estimate of drug-likeness (QED) is 0.756. The Morgan fingerprint density at radius 3 is 2.48 bits per heavy atom. The molecule has 25 heavy (non-hydrogen) atoms. The molecule has 124 valence electrons. The van der Waals surface area contributed by atoms with Crippen molar-refractivity contribution in [3.63, 3.8) is 0 Å². The minimum Gasteiger partial charge on any atom is -0.338 e. The number of fused-ring (bicyclic) bond motifs is 1. The molecular formula is C20H18N4S. The predicted octanol–water partition coefficient (Wildman–Crippen LogP) is 4.20. The van der Waals surface area contributed by atoms with E-state index in [1.807, 2.05) is 54.0 Å². The molecule has 1 N–H and O–H groups in total. The van der Waals surface area contributed by atoms with Gasteiger partial charge in [0.25, 0.3) is 0 Å². The second-order valence-electron chi connectivity index (χ2n) is 5.93. The molecule has 0 bridgehead atoms. The molecule has 0 amide bonds. The highest BCUT2D eigenvalue weighted by molar-refractivity contribution is 8.03. The Labute approximate surface area is 151 Å². The Morgan fingerprint density at radius 1 is 1.04 bits per heavy atom. The van der Waals surface area contributed by atoms with E-state index in [-0.39, 0.29) is 5.62 Å². The van der Waals surface area contributed by atoms with Crippen LogP contribution >= 0.6 is 11.8 Å². The van der Waals surface area contributed by atoms with Gasteiger partial charge < -0.3 is 4.90 Å². The highest BCUT2D eigenvalue weighted by atomic mass is 32.2. The van der Waals surface area contributed by atoms with Gasteiger partial charge in [-0.25, -0.2) is 4.98 Å². The molecular weight excluding hydrogens is 328 g/mol. The molecule has 1 aromatic heterocycles. The summed E-state index contributed by atoms with van der Waals surface area (Å²) in [4.78, 5) is 7.89. The van der Waals surface area contributed by atoms with E-state index < -0.39 is 0 Å². The lowest BCUT2D eigenvalue weighted by Gasteiger charge is -2.14. The Kier molecular flexibility index (Phi) is 3.93. The monoisotopic (exact) mass is 346 g/mol. The van der Waals surface area contributed by atoms with Crippen LogP contribution in [0.4, 0.5) is 5.69 Å². The van der Waals surface area contributed by atoms with Crippen molar-refractivity contribution in [1.29, 1.82) is 5.41 Å². The molecule has 4 rings (SSSR count). The van der Waals surface area contributed by atoms with Crippen molar-refractivity contribution in [2.45, 2.75) is 11.8 Å². The van der Waals surface area contributed by atoms with Gasteiger partial charge in [0.15, 0.2) is 0 Å². The average Bonchev–Trinajstić information content (AvgIpc) is 2.91. The van der Waals surface area contributed by atoms with Crippen molar-refractivity contribution < 1.29 is 0 Å². The fourth-order valence-corrected chi connectivity index (χ4v) is 4.10. The van der Waals surface area contributed by atoms with Gasteiger partial charge in [0.05, 0.1) is 16.4 Å². The van der Waals surface area contributed by atoms with Crippen LogP contribution in [0.5, 0.6) is 0 Å². The molecule has 4 nitrogen and oxygen atoms in total. The number of nitrogens with one attached hydrogen (secondary N) is 1. The molecule has 0 saturated heterocycles. The van der Waals surface area contributed by atoms with Crippen LogP contribution in [0.25, 0.3) is 11.8 Å². The number of hydrogen-bond acceptors (Lipinski definition) is 4. The van der Waals surface area contributed by atoms with Gasteiger partial charge in [-0.2, -0.15) is 0 Å². The minimum absolute atomic E-state index is 0.237. The Morgan fingerprint density at radius 2 is 1.76 bits per heavy atom. The summed E-state index contributed by atoms with van der Waals surface area (Å²) in [6.07, 6.45) is 2.05. The molecule has 0 unspecified atom stereocenters. The first kappa shape index (κ1) is 15.7. The third-order valence-corrected chi connectivity index (χ3v) is 5.38. The molecule has 0 spiro atoms. The summed E-state index contributed by atoms with van der Waals surface area (Å²) in [5.41, 5.74) is 4.19. The molecule has 2 heterocycles. The van der Waals surface area contributed by atoms with E-state index in [4.69, 9.17) is 5.41 Å². The SMILES string of the molecule is Cc1cc(/C=C2\Sc3ccccc3N2C)nc(=N)n1-c1ccccc1. The highest BCUT2D eigenvalue weighted by Crippen LogP contribution is 2.45. The first-order valence-electron chi connectivity index (χ1n) is 8.06. The number of thioether (sulfide) groups is 1. The van der Waals surface area contributed by atoms with Crippen LogP contribution in [0.15, 0.2) is 70.6 Å². The number of hydrogen-bond donors (Lipinski definition) is 1. The molecule has 1 aliphatic heterocycles. The molecule has 0 atom stereocenters. The average molecular weight is 346 g/mol. The first-order chi connectivity index (χ1) is 12.1. The lowest BCUT2D eigenvalue weighted by Crippen LogP contribution is -2.24. The van der Waals surface area contributed by atoms with Crippen molar-refractivity contribution >= 4 is 23.5 Å². The predicted molar refractivity (Wildman–Crippen MR) is 103 cm³/mol. The van der Waals surface area contributed by atoms with Crippen molar-refractivity contribution in [1.82, 2.24) is 9.55 Å². The second kappa shape index (κ2) is 6.26. The van der Waals surface area contributed by atoms with Gasteiger partial charge >= 0.3 is 0 Å². The summed E-state index contributed by atoms with van der Waals surface area (Å²) < 4.78 is 1.85. The van der Waals surface area contributed by atoms with Crippen molar-refractivity contribution in [3.8, 4) is 5.69 Å². The largest absolute Gasteiger partial charge is 0.338 e. The smallest absolute Gasteiger partial charge is 0.227 e. The van der Waals surface area contributed by atoms with Crippen LogP contribution in [0.3, 0.4) is 0 Å². The normalized spacial score (nSPS) is 14.8. The zero-order valence-electron chi connectivity index (χ0n) is 14.1. The zero-order chi connectivity index (χ0) is 17.4. The number of aromatic nitrogens is 2. The number of benzene rings is 2. The zero-order valence-corrected chi connectivity index (χ0v) is 14.9. The third-order valence-electron chi connectivity index (χ3n) is 4.21. The molecule has 0 saturated carbocycles. The van der Waals surface area contributed by atoms with Crippen molar-refractivity contribution in [2.24, 2.45) is 0 Å². The van der Waals surface area contributed by atoms with Crippen molar-refractivity contribution in [2.75, 3.05) is 11.9 Å². The van der Waals surface area contributed by atoms with E-state index >= 15 is 0 Å². The highest BCUT2D eigenvalue weighted by Gasteiger charge is 2.21. The molecule has 1 aliphatic rings. The summed E-state index contributed by atoms with van der Waals surface area (Å²) >= 11 is 1.73. The van der Waals surface area contributed by atoms with Gasteiger partial charge in [-0.1, -0.05) is 42.1 Å². The topological polar surface area (TPSA) is 44.9 Å². The van der Waals surface area contributed by atoms with Gasteiger partial charge in [0, 0.05) is 23.3 Å². The second-order valence-corrected chi connectivity index (χ2v) is 6.99. The summed E-state index contributed by atoms with van der Waals surface area (Å²) in [6.45, 7) is 2.01. The maximum absolute atomic E-state index is 8.35. The fraction of sp³-hybridized carbons (Fsp3) is 0.100. The van der Waals surface area contributed by atoms with Crippen LogP contribution in [0, 0.1) is 12.3 Å². The lowest BCUT2D eigenvalue weighted by atomic mass is 10.2. The third kappa shape index (κ3) is 2.87. The number of para-hydroxylation sites is 2. The van der Waals surface area contributed by atoms with Crippen LogP contribution in [-0.4, -0.2) is 16.6 Å². The molecule has 2 aromatic carbocycles. The van der Waals surface area contributed by atoms with Gasteiger partial charge in [0.2, 0.25) is 5.62 Å². The summed E-state index contributed by atoms with van der Waals surface area (Å²) in [7, 11) is 2.06. The number of aryl methyl sites for hydroxylation is 1. The molecule has 0 radical (unpaired) electrons. The number of rotatable bonds is 2. The minimum atomic E-state index is 0.237. The van der Waals surface area contributed by atoms with Gasteiger partial charge in [-0.15, -0.1) is 0 Å². The summed E-state index contributed by atoms with van der Waals surface area (Å²) in [6, 6.07) is 20.3. The van der Waals surface area contributed by atoms with E-state index in [9.17, 15) is 0 Å². The maximum Gasteiger partial charge on any atom is 0.227 e. The molecule has 5 heteroatoms. The van der Waals surface area contributed by atoms with E-state index in [0.717, 1.165) is 22.1 Å². The van der Waals surface area contributed by atoms with Gasteiger partial charge in [-0.3, -0.25) is 9.98 Å². The van der Waals surface area contributed by atoms with Crippen LogP contribution in [-0.2, 0) is 0 Å². The standard InChI is InChI=1S/C20H18N4S/c1-14-12-15(22-20(21)24(14)16-8-4-3-5-9-16)13-19-23(2)17-10-6-7-11-18(17)25-19/h3-13,21H,1-2H3/b19-13-,21-20?. The molecule has 0 aliphatic carbocycles. The van der Waals surface area contributed by atoms with E-state index in [1.54, 1.807) is 11.8 Å². The maximum atomic E-state index is 8.35. The van der Waals surface area contributed by atoms with Crippen LogP contribution in [0.2, 0.25) is 0 Å². The lowest BCUT2D eigenvalue weighted by molar-refractivity contribution is 0.812. The summed E-state index contributed by atoms with van der Waals surface area (Å²) in [5.74, 6) is 0.